The minimum absolute atomic E-state index is 0.266. The smallest absolute Gasteiger partial charge is 0.316 e. The number of hydrogen-bond acceptors (Lipinski definition) is 3. The van der Waals surface area contributed by atoms with Gasteiger partial charge in [-0.3, -0.25) is 4.72 Å². The molecule has 0 heterocycles. The third kappa shape index (κ3) is 3.68. The number of fused-ring (bicyclic) bond motifs is 1. The molecule has 0 saturated carbocycles. The largest absolute Gasteiger partial charge is 0.351 e. The molecule has 2 aromatic rings. The molecule has 1 aliphatic carbocycles. The zero-order valence-corrected chi connectivity index (χ0v) is 13.9. The van der Waals surface area contributed by atoms with Gasteiger partial charge in [0.2, 0.25) is 0 Å². The number of anilines is 2. The Kier molecular flexibility index (Phi) is 4.44. The SMILES string of the molecule is NC(=O)Nc1ccc(NS(=O)(=O)c2ccc3c(c2)CCCC3)cc1. The molecule has 1 aliphatic rings. The summed E-state index contributed by atoms with van der Waals surface area (Å²) in [6, 6.07) is 10.9. The standard InChI is InChI=1S/C17H19N3O3S/c18-17(21)19-14-6-8-15(9-7-14)20-24(22,23)16-10-5-12-3-1-2-4-13(12)11-16/h5-11,20H,1-4H2,(H3,18,19,21). The van der Waals surface area contributed by atoms with Crippen molar-refractivity contribution in [2.24, 2.45) is 5.73 Å². The molecule has 0 aliphatic heterocycles. The van der Waals surface area contributed by atoms with Crippen LogP contribution in [0.3, 0.4) is 0 Å². The predicted molar refractivity (Wildman–Crippen MR) is 93.5 cm³/mol. The van der Waals surface area contributed by atoms with Crippen LogP contribution in [-0.4, -0.2) is 14.4 Å². The number of benzene rings is 2. The van der Waals surface area contributed by atoms with Gasteiger partial charge in [0.05, 0.1) is 4.90 Å². The van der Waals surface area contributed by atoms with E-state index >= 15 is 0 Å². The molecule has 4 N–H and O–H groups in total. The van der Waals surface area contributed by atoms with Crippen LogP contribution in [0.4, 0.5) is 16.2 Å². The summed E-state index contributed by atoms with van der Waals surface area (Å²) in [5, 5.41) is 2.42. The summed E-state index contributed by atoms with van der Waals surface area (Å²) in [5.41, 5.74) is 8.31. The highest BCUT2D eigenvalue weighted by molar-refractivity contribution is 7.92. The van der Waals surface area contributed by atoms with E-state index in [2.05, 4.69) is 10.0 Å². The summed E-state index contributed by atoms with van der Waals surface area (Å²) in [4.78, 5) is 11.1. The molecule has 0 radical (unpaired) electrons. The zero-order valence-electron chi connectivity index (χ0n) is 13.1. The number of carbonyl (C=O) groups excluding carboxylic acids is 1. The van der Waals surface area contributed by atoms with E-state index in [0.29, 0.717) is 11.4 Å². The molecule has 0 spiro atoms. The Morgan fingerprint density at radius 1 is 0.917 bits per heavy atom. The molecule has 0 atom stereocenters. The second-order valence-electron chi connectivity index (χ2n) is 5.81. The van der Waals surface area contributed by atoms with Crippen molar-refractivity contribution >= 4 is 27.4 Å². The predicted octanol–water partition coefficient (Wildman–Crippen LogP) is 2.86. The zero-order chi connectivity index (χ0) is 17.2. The van der Waals surface area contributed by atoms with Gasteiger partial charge in [-0.2, -0.15) is 0 Å². The summed E-state index contributed by atoms with van der Waals surface area (Å²) < 4.78 is 27.6. The van der Waals surface area contributed by atoms with Gasteiger partial charge >= 0.3 is 6.03 Å². The second kappa shape index (κ2) is 6.52. The Balaban J connectivity index is 1.79. The van der Waals surface area contributed by atoms with E-state index in [1.165, 1.54) is 5.56 Å². The number of aryl methyl sites for hydroxylation is 2. The first-order valence-electron chi connectivity index (χ1n) is 7.75. The van der Waals surface area contributed by atoms with Gasteiger partial charge in [0.1, 0.15) is 0 Å². The first-order valence-corrected chi connectivity index (χ1v) is 9.23. The lowest BCUT2D eigenvalue weighted by Gasteiger charge is -2.17. The lowest BCUT2D eigenvalue weighted by Crippen LogP contribution is -2.19. The first-order chi connectivity index (χ1) is 11.4. The first kappa shape index (κ1) is 16.3. The van der Waals surface area contributed by atoms with Gasteiger partial charge in [0.25, 0.3) is 10.0 Å². The van der Waals surface area contributed by atoms with Gasteiger partial charge < -0.3 is 11.1 Å². The number of primary amides is 1. The normalized spacial score (nSPS) is 13.8. The highest BCUT2D eigenvalue weighted by Gasteiger charge is 2.17. The molecular weight excluding hydrogens is 326 g/mol. The summed E-state index contributed by atoms with van der Waals surface area (Å²) in [6.07, 6.45) is 4.19. The maximum atomic E-state index is 12.5. The van der Waals surface area contributed by atoms with E-state index in [1.807, 2.05) is 6.07 Å². The van der Waals surface area contributed by atoms with Crippen molar-refractivity contribution in [3.05, 3.63) is 53.6 Å². The highest BCUT2D eigenvalue weighted by atomic mass is 32.2. The molecule has 0 bridgehead atoms. The fraction of sp³-hybridized carbons (Fsp3) is 0.235. The van der Waals surface area contributed by atoms with Gasteiger partial charge in [-0.15, -0.1) is 0 Å². The molecule has 0 unspecified atom stereocenters. The van der Waals surface area contributed by atoms with Gasteiger partial charge in [-0.25, -0.2) is 13.2 Å². The Hall–Kier alpha value is -2.54. The van der Waals surface area contributed by atoms with E-state index in [-0.39, 0.29) is 4.90 Å². The van der Waals surface area contributed by atoms with Crippen LogP contribution in [0, 0.1) is 0 Å². The maximum Gasteiger partial charge on any atom is 0.316 e. The molecule has 126 valence electrons. The summed E-state index contributed by atoms with van der Waals surface area (Å²) in [7, 11) is -3.64. The maximum absolute atomic E-state index is 12.5. The minimum Gasteiger partial charge on any atom is -0.351 e. The second-order valence-corrected chi connectivity index (χ2v) is 7.49. The van der Waals surface area contributed by atoms with Gasteiger partial charge in [-0.05, 0) is 73.2 Å². The Morgan fingerprint density at radius 2 is 1.54 bits per heavy atom. The van der Waals surface area contributed by atoms with Crippen molar-refractivity contribution in [1.82, 2.24) is 0 Å². The molecule has 2 amide bonds. The summed E-state index contributed by atoms with van der Waals surface area (Å²) in [5.74, 6) is 0. The van der Waals surface area contributed by atoms with Gasteiger partial charge in [-0.1, -0.05) is 6.07 Å². The van der Waals surface area contributed by atoms with Crippen molar-refractivity contribution in [2.75, 3.05) is 10.0 Å². The monoisotopic (exact) mass is 345 g/mol. The highest BCUT2D eigenvalue weighted by Crippen LogP contribution is 2.25. The van der Waals surface area contributed by atoms with E-state index < -0.39 is 16.1 Å². The van der Waals surface area contributed by atoms with Crippen LogP contribution in [0.2, 0.25) is 0 Å². The number of nitrogens with one attached hydrogen (secondary N) is 2. The molecular formula is C17H19N3O3S. The van der Waals surface area contributed by atoms with Crippen molar-refractivity contribution < 1.29 is 13.2 Å². The average molecular weight is 345 g/mol. The van der Waals surface area contributed by atoms with Crippen LogP contribution in [0.5, 0.6) is 0 Å². The number of sulfonamides is 1. The average Bonchev–Trinajstić information content (AvgIpc) is 2.55. The molecule has 0 fully saturated rings. The Morgan fingerprint density at radius 3 is 2.21 bits per heavy atom. The van der Waals surface area contributed by atoms with E-state index in [1.54, 1.807) is 36.4 Å². The van der Waals surface area contributed by atoms with Crippen LogP contribution >= 0.6 is 0 Å². The third-order valence-corrected chi connectivity index (χ3v) is 5.41. The van der Waals surface area contributed by atoms with Crippen LogP contribution in [0.25, 0.3) is 0 Å². The lowest BCUT2D eigenvalue weighted by molar-refractivity contribution is 0.259. The van der Waals surface area contributed by atoms with Crippen molar-refractivity contribution in [3.8, 4) is 0 Å². The fourth-order valence-electron chi connectivity index (χ4n) is 2.85. The van der Waals surface area contributed by atoms with Crippen LogP contribution in [0.1, 0.15) is 24.0 Å². The third-order valence-electron chi connectivity index (χ3n) is 4.03. The van der Waals surface area contributed by atoms with Gasteiger partial charge in [0.15, 0.2) is 0 Å². The molecule has 7 heteroatoms. The number of urea groups is 1. The van der Waals surface area contributed by atoms with E-state index in [9.17, 15) is 13.2 Å². The van der Waals surface area contributed by atoms with Crippen LogP contribution < -0.4 is 15.8 Å². The number of hydrogen-bond donors (Lipinski definition) is 3. The number of nitrogens with two attached hydrogens (primary N) is 1. The quantitative estimate of drug-likeness (QED) is 0.794. The number of amides is 2. The fourth-order valence-corrected chi connectivity index (χ4v) is 3.96. The van der Waals surface area contributed by atoms with Crippen molar-refractivity contribution in [3.63, 3.8) is 0 Å². The Bertz CT molecular complexity index is 861. The van der Waals surface area contributed by atoms with E-state index in [4.69, 9.17) is 5.73 Å². The van der Waals surface area contributed by atoms with E-state index in [0.717, 1.165) is 31.2 Å². The molecule has 6 nitrogen and oxygen atoms in total. The molecule has 0 saturated heterocycles. The minimum atomic E-state index is -3.64. The lowest BCUT2D eigenvalue weighted by atomic mass is 9.92. The number of rotatable bonds is 4. The molecule has 24 heavy (non-hydrogen) atoms. The van der Waals surface area contributed by atoms with Crippen LogP contribution in [0.15, 0.2) is 47.4 Å². The van der Waals surface area contributed by atoms with Crippen molar-refractivity contribution in [2.45, 2.75) is 30.6 Å². The van der Waals surface area contributed by atoms with Gasteiger partial charge in [0, 0.05) is 11.4 Å². The summed E-state index contributed by atoms with van der Waals surface area (Å²) in [6.45, 7) is 0. The van der Waals surface area contributed by atoms with Crippen molar-refractivity contribution in [1.29, 1.82) is 0 Å². The summed E-state index contributed by atoms with van der Waals surface area (Å²) >= 11 is 0. The Labute approximate surface area is 141 Å². The topological polar surface area (TPSA) is 101 Å². The van der Waals surface area contributed by atoms with Crippen LogP contribution in [-0.2, 0) is 22.9 Å². The molecule has 2 aromatic carbocycles. The molecule has 3 rings (SSSR count). The molecule has 0 aromatic heterocycles. The number of carbonyl (C=O) groups is 1.